The number of carbonyl (C=O) groups is 1. The van der Waals surface area contributed by atoms with Crippen LogP contribution in [0.2, 0.25) is 5.02 Å². The molecular weight excluding hydrogens is 276 g/mol. The van der Waals surface area contributed by atoms with E-state index in [1.165, 1.54) is 0 Å². The van der Waals surface area contributed by atoms with Gasteiger partial charge in [-0.3, -0.25) is 4.79 Å². The van der Waals surface area contributed by atoms with Gasteiger partial charge in [0.2, 0.25) is 0 Å². The molecule has 0 radical (unpaired) electrons. The van der Waals surface area contributed by atoms with Gasteiger partial charge in [0.05, 0.1) is 5.02 Å². The number of anilines is 1. The summed E-state index contributed by atoms with van der Waals surface area (Å²) in [5.74, 6) is 0.527. The van der Waals surface area contributed by atoms with E-state index in [4.69, 9.17) is 11.6 Å². The van der Waals surface area contributed by atoms with Gasteiger partial charge in [-0.2, -0.15) is 0 Å². The fourth-order valence-corrected chi connectivity index (χ4v) is 2.71. The lowest BCUT2D eigenvalue weighted by atomic mass is 10.0. The van der Waals surface area contributed by atoms with Gasteiger partial charge >= 0.3 is 0 Å². The molecule has 1 unspecified atom stereocenters. The Morgan fingerprint density at radius 1 is 1.55 bits per heavy atom. The number of rotatable bonds is 3. The second kappa shape index (κ2) is 6.41. The molecule has 1 amide bonds. The zero-order chi connectivity index (χ0) is 14.7. The number of piperidine rings is 1. The number of hydrogen-bond acceptors (Lipinski definition) is 4. The van der Waals surface area contributed by atoms with Gasteiger partial charge in [-0.25, -0.2) is 4.98 Å². The fourth-order valence-electron chi connectivity index (χ4n) is 2.52. The Labute approximate surface area is 124 Å². The predicted octanol–water partition coefficient (Wildman–Crippen LogP) is 1.94. The number of nitrogens with zero attached hydrogens (tertiary/aromatic N) is 3. The summed E-state index contributed by atoms with van der Waals surface area (Å²) in [6, 6.07) is 3.68. The second-order valence-electron chi connectivity index (χ2n) is 5.25. The third kappa shape index (κ3) is 3.22. The van der Waals surface area contributed by atoms with Gasteiger partial charge in [-0.1, -0.05) is 11.6 Å². The molecule has 1 saturated heterocycles. The minimum absolute atomic E-state index is 0.118. The number of likely N-dealkylation sites (N-methyl/N-ethyl adjacent to an activating group) is 2. The van der Waals surface area contributed by atoms with Gasteiger partial charge in [-0.05, 0) is 38.6 Å². The average Bonchev–Trinajstić information content (AvgIpc) is 2.46. The topological polar surface area (TPSA) is 48.5 Å². The van der Waals surface area contributed by atoms with Crippen LogP contribution in [0.4, 0.5) is 5.82 Å². The monoisotopic (exact) mass is 296 g/mol. The quantitative estimate of drug-likeness (QED) is 0.926. The highest BCUT2D eigenvalue weighted by molar-refractivity contribution is 6.33. The molecule has 1 aromatic rings. The Kier molecular flexibility index (Phi) is 4.83. The molecule has 110 valence electrons. The standard InChI is InChI=1S/C14H21ClN4O/c1-16-12-7-6-11(15)13(17-12)14(20)19(3)10-5-4-8-18(2)9-10/h6-7,10H,4-5,8-9H2,1-3H3,(H,16,17). The van der Waals surface area contributed by atoms with Gasteiger partial charge < -0.3 is 15.1 Å². The van der Waals surface area contributed by atoms with Gasteiger partial charge in [-0.15, -0.1) is 0 Å². The Morgan fingerprint density at radius 2 is 2.30 bits per heavy atom. The first-order valence-electron chi connectivity index (χ1n) is 6.83. The van der Waals surface area contributed by atoms with Crippen LogP contribution in [-0.4, -0.2) is 61.0 Å². The van der Waals surface area contributed by atoms with Gasteiger partial charge in [0.15, 0.2) is 0 Å². The third-order valence-electron chi connectivity index (χ3n) is 3.77. The van der Waals surface area contributed by atoms with Crippen LogP contribution in [0.25, 0.3) is 0 Å². The highest BCUT2D eigenvalue weighted by Crippen LogP contribution is 2.21. The molecular formula is C14H21ClN4O. The van der Waals surface area contributed by atoms with E-state index >= 15 is 0 Å². The van der Waals surface area contributed by atoms with Gasteiger partial charge in [0.25, 0.3) is 5.91 Å². The predicted molar refractivity (Wildman–Crippen MR) is 81.4 cm³/mol. The zero-order valence-electron chi connectivity index (χ0n) is 12.2. The van der Waals surface area contributed by atoms with E-state index in [-0.39, 0.29) is 11.9 Å². The highest BCUT2D eigenvalue weighted by Gasteiger charge is 2.27. The summed E-state index contributed by atoms with van der Waals surface area (Å²) in [6.45, 7) is 1.98. The second-order valence-corrected chi connectivity index (χ2v) is 5.66. The van der Waals surface area contributed by atoms with Crippen molar-refractivity contribution in [1.82, 2.24) is 14.8 Å². The molecule has 0 spiro atoms. The number of likely N-dealkylation sites (tertiary alicyclic amines) is 1. The molecule has 1 aliphatic rings. The summed E-state index contributed by atoms with van der Waals surface area (Å²) in [7, 11) is 5.68. The first-order chi connectivity index (χ1) is 9.52. The Hall–Kier alpha value is -1.33. The number of aromatic nitrogens is 1. The van der Waals surface area contributed by atoms with E-state index in [0.717, 1.165) is 25.9 Å². The number of pyridine rings is 1. The van der Waals surface area contributed by atoms with Crippen LogP contribution in [0.5, 0.6) is 0 Å². The average molecular weight is 297 g/mol. The highest BCUT2D eigenvalue weighted by atomic mass is 35.5. The van der Waals surface area contributed by atoms with Crippen LogP contribution in [-0.2, 0) is 0 Å². The maximum Gasteiger partial charge on any atom is 0.274 e. The van der Waals surface area contributed by atoms with E-state index in [1.807, 2.05) is 7.05 Å². The van der Waals surface area contributed by atoms with Gasteiger partial charge in [0.1, 0.15) is 11.5 Å². The van der Waals surface area contributed by atoms with Crippen LogP contribution in [0.3, 0.4) is 0 Å². The van der Waals surface area contributed by atoms with E-state index in [1.54, 1.807) is 24.1 Å². The zero-order valence-corrected chi connectivity index (χ0v) is 12.9. The smallest absolute Gasteiger partial charge is 0.274 e. The van der Waals surface area contributed by atoms with E-state index in [2.05, 4.69) is 22.2 Å². The van der Waals surface area contributed by atoms with Crippen LogP contribution < -0.4 is 5.32 Å². The molecule has 1 aromatic heterocycles. The summed E-state index contributed by atoms with van der Waals surface area (Å²) in [5.41, 5.74) is 0.314. The first-order valence-corrected chi connectivity index (χ1v) is 7.20. The normalized spacial score (nSPS) is 19.7. The maximum absolute atomic E-state index is 12.6. The Bertz CT molecular complexity index is 494. The molecule has 0 aliphatic carbocycles. The van der Waals surface area contributed by atoms with E-state index < -0.39 is 0 Å². The van der Waals surface area contributed by atoms with Gasteiger partial charge in [0, 0.05) is 26.7 Å². The molecule has 0 aromatic carbocycles. The summed E-state index contributed by atoms with van der Waals surface area (Å²) >= 11 is 6.11. The van der Waals surface area contributed by atoms with Crippen molar-refractivity contribution in [3.8, 4) is 0 Å². The fraction of sp³-hybridized carbons (Fsp3) is 0.571. The molecule has 2 heterocycles. The molecule has 20 heavy (non-hydrogen) atoms. The van der Waals surface area contributed by atoms with Crippen molar-refractivity contribution in [3.05, 3.63) is 22.8 Å². The molecule has 1 aliphatic heterocycles. The number of carbonyl (C=O) groups excluding carboxylic acids is 1. The van der Waals surface area contributed by atoms with Crippen molar-refractivity contribution in [2.75, 3.05) is 39.5 Å². The van der Waals surface area contributed by atoms with Crippen molar-refractivity contribution in [2.45, 2.75) is 18.9 Å². The van der Waals surface area contributed by atoms with Crippen molar-refractivity contribution < 1.29 is 4.79 Å². The van der Waals surface area contributed by atoms with Crippen molar-refractivity contribution >= 4 is 23.3 Å². The Balaban J connectivity index is 2.17. The Morgan fingerprint density at radius 3 is 2.95 bits per heavy atom. The summed E-state index contributed by atoms with van der Waals surface area (Å²) in [4.78, 5) is 20.9. The molecule has 5 nitrogen and oxygen atoms in total. The number of hydrogen-bond donors (Lipinski definition) is 1. The van der Waals surface area contributed by atoms with Crippen LogP contribution in [0.15, 0.2) is 12.1 Å². The lowest BCUT2D eigenvalue weighted by molar-refractivity contribution is 0.0638. The summed E-state index contributed by atoms with van der Waals surface area (Å²) in [6.07, 6.45) is 2.13. The summed E-state index contributed by atoms with van der Waals surface area (Å²) in [5, 5.41) is 3.32. The minimum Gasteiger partial charge on any atom is -0.373 e. The number of halogens is 1. The number of nitrogens with one attached hydrogen (secondary N) is 1. The largest absolute Gasteiger partial charge is 0.373 e. The van der Waals surface area contributed by atoms with Crippen molar-refractivity contribution in [1.29, 1.82) is 0 Å². The maximum atomic E-state index is 12.6. The van der Waals surface area contributed by atoms with Crippen molar-refractivity contribution in [2.24, 2.45) is 0 Å². The third-order valence-corrected chi connectivity index (χ3v) is 4.08. The van der Waals surface area contributed by atoms with E-state index in [0.29, 0.717) is 16.5 Å². The molecule has 0 bridgehead atoms. The lowest BCUT2D eigenvalue weighted by Crippen LogP contribution is -2.47. The summed E-state index contributed by atoms with van der Waals surface area (Å²) < 4.78 is 0. The molecule has 1 N–H and O–H groups in total. The molecule has 2 rings (SSSR count). The number of amides is 1. The van der Waals surface area contributed by atoms with Crippen LogP contribution in [0, 0.1) is 0 Å². The molecule has 0 saturated carbocycles. The first kappa shape index (κ1) is 15.1. The van der Waals surface area contributed by atoms with E-state index in [9.17, 15) is 4.79 Å². The molecule has 1 atom stereocenters. The van der Waals surface area contributed by atoms with Crippen LogP contribution in [0.1, 0.15) is 23.3 Å². The van der Waals surface area contributed by atoms with Crippen molar-refractivity contribution in [3.63, 3.8) is 0 Å². The molecule has 6 heteroatoms. The van der Waals surface area contributed by atoms with Crippen LogP contribution >= 0.6 is 11.6 Å². The minimum atomic E-state index is -0.118. The SMILES string of the molecule is CNc1ccc(Cl)c(C(=O)N(C)C2CCCN(C)C2)n1. The molecule has 1 fully saturated rings. The lowest BCUT2D eigenvalue weighted by Gasteiger charge is -2.35.